The molecule has 0 amide bonds. The van der Waals surface area contributed by atoms with Gasteiger partial charge in [-0.3, -0.25) is 0 Å². The Balaban J connectivity index is 2.02. The van der Waals surface area contributed by atoms with Gasteiger partial charge in [-0.1, -0.05) is 0 Å². The molecule has 2 rings (SSSR count). The SMILES string of the molecule is CC(O)c1cn(CC2CC2)cn1. The monoisotopic (exact) mass is 166 g/mol. The summed E-state index contributed by atoms with van der Waals surface area (Å²) < 4.78 is 2.07. The zero-order valence-electron chi connectivity index (χ0n) is 7.27. The van der Waals surface area contributed by atoms with Gasteiger partial charge in [-0.15, -0.1) is 0 Å². The fraction of sp³-hybridized carbons (Fsp3) is 0.667. The minimum atomic E-state index is -0.439. The Kier molecular flexibility index (Phi) is 1.89. The van der Waals surface area contributed by atoms with Gasteiger partial charge in [0.1, 0.15) is 0 Å². The predicted octanol–water partition coefficient (Wildman–Crippen LogP) is 1.35. The van der Waals surface area contributed by atoms with Crippen LogP contribution in [0.5, 0.6) is 0 Å². The van der Waals surface area contributed by atoms with Crippen LogP contribution in [0.4, 0.5) is 0 Å². The van der Waals surface area contributed by atoms with Crippen molar-refractivity contribution in [3.8, 4) is 0 Å². The van der Waals surface area contributed by atoms with Crippen molar-refractivity contribution >= 4 is 0 Å². The molecule has 0 radical (unpaired) electrons. The quantitative estimate of drug-likeness (QED) is 0.736. The van der Waals surface area contributed by atoms with E-state index < -0.39 is 6.10 Å². The van der Waals surface area contributed by atoms with Crippen molar-refractivity contribution in [3.63, 3.8) is 0 Å². The van der Waals surface area contributed by atoms with E-state index in [-0.39, 0.29) is 0 Å². The van der Waals surface area contributed by atoms with Gasteiger partial charge in [-0.05, 0) is 25.7 Å². The highest BCUT2D eigenvalue weighted by Gasteiger charge is 2.21. The summed E-state index contributed by atoms with van der Waals surface area (Å²) in [7, 11) is 0. The summed E-state index contributed by atoms with van der Waals surface area (Å²) in [5, 5.41) is 9.21. The smallest absolute Gasteiger partial charge is 0.0950 e. The van der Waals surface area contributed by atoms with Crippen LogP contribution >= 0.6 is 0 Å². The first-order valence-corrected chi connectivity index (χ1v) is 4.45. The van der Waals surface area contributed by atoms with Crippen LogP contribution in [0, 0.1) is 5.92 Å². The maximum absolute atomic E-state index is 9.21. The van der Waals surface area contributed by atoms with Crippen LogP contribution in [-0.4, -0.2) is 14.7 Å². The molecule has 3 nitrogen and oxygen atoms in total. The predicted molar refractivity (Wildman–Crippen MR) is 45.6 cm³/mol. The highest BCUT2D eigenvalue weighted by molar-refractivity contribution is 4.99. The van der Waals surface area contributed by atoms with Crippen molar-refractivity contribution < 1.29 is 5.11 Å². The summed E-state index contributed by atoms with van der Waals surface area (Å²) in [6.07, 6.45) is 6.00. The molecule has 12 heavy (non-hydrogen) atoms. The molecule has 1 fully saturated rings. The molecular formula is C9H14N2O. The first-order chi connectivity index (χ1) is 5.75. The van der Waals surface area contributed by atoms with Crippen LogP contribution in [0.15, 0.2) is 12.5 Å². The fourth-order valence-electron chi connectivity index (χ4n) is 1.29. The van der Waals surface area contributed by atoms with Crippen LogP contribution in [-0.2, 0) is 6.54 Å². The zero-order chi connectivity index (χ0) is 8.55. The standard InChI is InChI=1S/C9H14N2O/c1-7(12)9-5-11(6-10-9)4-8-2-3-8/h5-8,12H,2-4H2,1H3. The van der Waals surface area contributed by atoms with Crippen molar-refractivity contribution in [1.82, 2.24) is 9.55 Å². The first kappa shape index (κ1) is 7.80. The lowest BCUT2D eigenvalue weighted by Gasteiger charge is -1.98. The Morgan fingerprint density at radius 3 is 3.00 bits per heavy atom. The van der Waals surface area contributed by atoms with Crippen molar-refractivity contribution in [1.29, 1.82) is 0 Å². The van der Waals surface area contributed by atoms with Crippen LogP contribution < -0.4 is 0 Å². The third-order valence-electron chi connectivity index (χ3n) is 2.25. The Labute approximate surface area is 72.0 Å². The lowest BCUT2D eigenvalue weighted by Crippen LogP contribution is -1.96. The van der Waals surface area contributed by atoms with E-state index in [9.17, 15) is 5.11 Å². The maximum Gasteiger partial charge on any atom is 0.0950 e. The van der Waals surface area contributed by atoms with Gasteiger partial charge < -0.3 is 9.67 Å². The maximum atomic E-state index is 9.21. The fourth-order valence-corrected chi connectivity index (χ4v) is 1.29. The summed E-state index contributed by atoms with van der Waals surface area (Å²) in [5.41, 5.74) is 0.774. The molecule has 1 aromatic rings. The van der Waals surface area contributed by atoms with E-state index in [1.165, 1.54) is 12.8 Å². The van der Waals surface area contributed by atoms with Crippen LogP contribution in [0.1, 0.15) is 31.6 Å². The molecule has 0 saturated heterocycles. The molecule has 0 spiro atoms. The van der Waals surface area contributed by atoms with E-state index in [2.05, 4.69) is 9.55 Å². The summed E-state index contributed by atoms with van der Waals surface area (Å²) in [6.45, 7) is 2.81. The lowest BCUT2D eigenvalue weighted by molar-refractivity contribution is 0.194. The summed E-state index contributed by atoms with van der Waals surface area (Å²) >= 11 is 0. The molecule has 1 atom stereocenters. The third kappa shape index (κ3) is 1.67. The number of aliphatic hydroxyl groups is 1. The molecule has 1 aliphatic rings. The molecule has 0 bridgehead atoms. The second-order valence-electron chi connectivity index (χ2n) is 3.61. The van der Waals surface area contributed by atoms with E-state index in [0.29, 0.717) is 0 Å². The molecule has 1 saturated carbocycles. The van der Waals surface area contributed by atoms with Crippen molar-refractivity contribution in [3.05, 3.63) is 18.2 Å². The second kappa shape index (κ2) is 2.90. The Morgan fingerprint density at radius 2 is 2.50 bits per heavy atom. The zero-order valence-corrected chi connectivity index (χ0v) is 7.27. The largest absolute Gasteiger partial charge is 0.387 e. The highest BCUT2D eigenvalue weighted by Crippen LogP contribution is 2.30. The Morgan fingerprint density at radius 1 is 1.75 bits per heavy atom. The normalized spacial score (nSPS) is 19.5. The first-order valence-electron chi connectivity index (χ1n) is 4.45. The minimum absolute atomic E-state index is 0.439. The average Bonchev–Trinajstić information content (AvgIpc) is 2.66. The van der Waals surface area contributed by atoms with Gasteiger partial charge in [0, 0.05) is 12.7 Å². The number of hydrogen-bond donors (Lipinski definition) is 1. The summed E-state index contributed by atoms with van der Waals surface area (Å²) in [6, 6.07) is 0. The molecular weight excluding hydrogens is 152 g/mol. The Hall–Kier alpha value is -0.830. The number of aliphatic hydroxyl groups excluding tert-OH is 1. The minimum Gasteiger partial charge on any atom is -0.387 e. The topological polar surface area (TPSA) is 38.0 Å². The van der Waals surface area contributed by atoms with Crippen molar-refractivity contribution in [2.75, 3.05) is 0 Å². The molecule has 1 aromatic heterocycles. The van der Waals surface area contributed by atoms with Gasteiger partial charge in [0.05, 0.1) is 18.1 Å². The molecule has 0 aromatic carbocycles. The number of imidazole rings is 1. The van der Waals surface area contributed by atoms with Gasteiger partial charge in [-0.2, -0.15) is 0 Å². The van der Waals surface area contributed by atoms with E-state index in [4.69, 9.17) is 0 Å². The third-order valence-corrected chi connectivity index (χ3v) is 2.25. The van der Waals surface area contributed by atoms with Gasteiger partial charge >= 0.3 is 0 Å². The van der Waals surface area contributed by atoms with E-state index in [1.807, 2.05) is 6.20 Å². The van der Waals surface area contributed by atoms with Crippen LogP contribution in [0.3, 0.4) is 0 Å². The van der Waals surface area contributed by atoms with E-state index in [1.54, 1.807) is 13.3 Å². The van der Waals surface area contributed by atoms with Crippen LogP contribution in [0.2, 0.25) is 0 Å². The highest BCUT2D eigenvalue weighted by atomic mass is 16.3. The van der Waals surface area contributed by atoms with E-state index in [0.717, 1.165) is 18.2 Å². The molecule has 0 aliphatic heterocycles. The summed E-state index contributed by atoms with van der Waals surface area (Å²) in [5.74, 6) is 0.862. The molecule has 1 aliphatic carbocycles. The second-order valence-corrected chi connectivity index (χ2v) is 3.61. The van der Waals surface area contributed by atoms with E-state index >= 15 is 0 Å². The number of aromatic nitrogens is 2. The van der Waals surface area contributed by atoms with Crippen molar-refractivity contribution in [2.24, 2.45) is 5.92 Å². The number of rotatable bonds is 3. The van der Waals surface area contributed by atoms with Gasteiger partial charge in [-0.25, -0.2) is 4.98 Å². The molecule has 1 heterocycles. The molecule has 3 heteroatoms. The lowest BCUT2D eigenvalue weighted by atomic mass is 10.3. The van der Waals surface area contributed by atoms with Gasteiger partial charge in [0.25, 0.3) is 0 Å². The average molecular weight is 166 g/mol. The van der Waals surface area contributed by atoms with Gasteiger partial charge in [0.2, 0.25) is 0 Å². The number of hydrogen-bond acceptors (Lipinski definition) is 2. The molecule has 66 valence electrons. The van der Waals surface area contributed by atoms with Crippen LogP contribution in [0.25, 0.3) is 0 Å². The van der Waals surface area contributed by atoms with Crippen molar-refractivity contribution in [2.45, 2.75) is 32.4 Å². The molecule has 1 unspecified atom stereocenters. The molecule has 1 N–H and O–H groups in total. The Bertz CT molecular complexity index is 263. The van der Waals surface area contributed by atoms with Gasteiger partial charge in [0.15, 0.2) is 0 Å². The number of nitrogens with zero attached hydrogens (tertiary/aromatic N) is 2. The summed E-state index contributed by atoms with van der Waals surface area (Å²) in [4.78, 5) is 4.11.